The fraction of sp³-hybridized carbons (Fsp3) is 0.407. The van der Waals surface area contributed by atoms with Crippen LogP contribution in [0.2, 0.25) is 0 Å². The Kier molecular flexibility index (Phi) is 7.35. The molecule has 0 saturated carbocycles. The van der Waals surface area contributed by atoms with Crippen molar-refractivity contribution in [3.8, 4) is 17.0 Å². The third-order valence-electron chi connectivity index (χ3n) is 7.12. The summed E-state index contributed by atoms with van der Waals surface area (Å²) in [5, 5.41) is 8.82. The summed E-state index contributed by atoms with van der Waals surface area (Å²) in [6, 6.07) is 13.9. The number of amides is 1. The lowest BCUT2D eigenvalue weighted by atomic mass is 9.96. The van der Waals surface area contributed by atoms with Gasteiger partial charge in [0.25, 0.3) is 0 Å². The summed E-state index contributed by atoms with van der Waals surface area (Å²) in [4.78, 5) is 23.2. The highest BCUT2D eigenvalue weighted by molar-refractivity contribution is 5.80. The van der Waals surface area contributed by atoms with Crippen molar-refractivity contribution in [2.75, 3.05) is 56.2 Å². The molecule has 2 aliphatic heterocycles. The minimum Gasteiger partial charge on any atom is -0.497 e. The number of hydrogen-bond donors (Lipinski definition) is 0. The van der Waals surface area contributed by atoms with E-state index in [1.165, 1.54) is 6.07 Å². The molecule has 8 nitrogen and oxygen atoms in total. The van der Waals surface area contributed by atoms with Crippen molar-refractivity contribution in [2.24, 2.45) is 5.92 Å². The minimum atomic E-state index is -4.41. The van der Waals surface area contributed by atoms with Gasteiger partial charge < -0.3 is 19.4 Å². The zero-order valence-electron chi connectivity index (χ0n) is 21.1. The van der Waals surface area contributed by atoms with E-state index in [-0.39, 0.29) is 11.8 Å². The first kappa shape index (κ1) is 25.7. The van der Waals surface area contributed by atoms with Crippen molar-refractivity contribution < 1.29 is 22.7 Å². The average Bonchev–Trinajstić information content (AvgIpc) is 2.97. The second-order valence-electron chi connectivity index (χ2n) is 9.51. The summed E-state index contributed by atoms with van der Waals surface area (Å²) >= 11 is 0. The third kappa shape index (κ3) is 5.66. The monoisotopic (exact) mass is 526 g/mol. The van der Waals surface area contributed by atoms with Gasteiger partial charge in [0.2, 0.25) is 5.91 Å². The van der Waals surface area contributed by atoms with Gasteiger partial charge in [0.15, 0.2) is 5.82 Å². The lowest BCUT2D eigenvalue weighted by molar-refractivity contribution is -0.138. The Labute approximate surface area is 219 Å². The summed E-state index contributed by atoms with van der Waals surface area (Å²) in [6.45, 7) is 3.46. The molecular weight excluding hydrogens is 497 g/mol. The molecule has 2 saturated heterocycles. The normalized spacial score (nSPS) is 18.4. The van der Waals surface area contributed by atoms with Gasteiger partial charge in [0, 0.05) is 51.0 Å². The van der Waals surface area contributed by atoms with E-state index in [9.17, 15) is 18.0 Å². The molecule has 0 bridgehead atoms. The van der Waals surface area contributed by atoms with E-state index in [2.05, 4.69) is 20.1 Å². The molecule has 38 heavy (non-hydrogen) atoms. The summed E-state index contributed by atoms with van der Waals surface area (Å²) in [7, 11) is 1.63. The van der Waals surface area contributed by atoms with Gasteiger partial charge in [-0.2, -0.15) is 13.2 Å². The van der Waals surface area contributed by atoms with Crippen LogP contribution in [0.3, 0.4) is 0 Å². The van der Waals surface area contributed by atoms with Gasteiger partial charge in [-0.15, -0.1) is 10.2 Å². The predicted octanol–water partition coefficient (Wildman–Crippen LogP) is 4.13. The van der Waals surface area contributed by atoms with E-state index < -0.39 is 11.7 Å². The number of piperidine rings is 1. The maximum atomic E-state index is 13.3. The number of ether oxygens (including phenoxy) is 1. The third-order valence-corrected chi connectivity index (χ3v) is 7.12. The number of methoxy groups -OCH3 is 1. The van der Waals surface area contributed by atoms with Crippen molar-refractivity contribution in [3.05, 3.63) is 60.3 Å². The number of pyridine rings is 1. The number of rotatable bonds is 5. The zero-order valence-corrected chi connectivity index (χ0v) is 21.1. The Bertz CT molecular complexity index is 1230. The molecule has 0 aliphatic carbocycles. The molecule has 1 atom stereocenters. The smallest absolute Gasteiger partial charge is 0.417 e. The van der Waals surface area contributed by atoms with Crippen LogP contribution in [0.15, 0.2) is 54.7 Å². The maximum Gasteiger partial charge on any atom is 0.417 e. The van der Waals surface area contributed by atoms with Gasteiger partial charge in [0.1, 0.15) is 11.6 Å². The molecule has 0 N–H and O–H groups in total. The van der Waals surface area contributed by atoms with Crippen molar-refractivity contribution in [3.63, 3.8) is 0 Å². The van der Waals surface area contributed by atoms with Crippen LogP contribution in [-0.2, 0) is 11.0 Å². The number of nitrogens with zero attached hydrogens (tertiary/aromatic N) is 6. The number of hydrogen-bond acceptors (Lipinski definition) is 7. The van der Waals surface area contributed by atoms with Crippen LogP contribution in [0.4, 0.5) is 24.8 Å². The standard InChI is InChI=1S/C27H29F3N6O2/c1-38-22-7-4-19(5-8-22)23-9-11-25(33-32-23)36-12-2-3-20(18-36)26(37)35-15-13-34(14-16-35)24-10-6-21(17-31-24)27(28,29)30/h4-11,17,20H,2-3,12-16,18H2,1H3. The number of aromatic nitrogens is 3. The Morgan fingerprint density at radius 1 is 0.895 bits per heavy atom. The van der Waals surface area contributed by atoms with Crippen LogP contribution in [-0.4, -0.2) is 72.4 Å². The van der Waals surface area contributed by atoms with Gasteiger partial charge in [-0.05, 0) is 61.4 Å². The molecule has 2 aromatic heterocycles. The molecule has 2 aliphatic rings. The zero-order chi connectivity index (χ0) is 26.7. The fourth-order valence-corrected chi connectivity index (χ4v) is 4.95. The first-order valence-corrected chi connectivity index (χ1v) is 12.6. The number of piperazine rings is 1. The van der Waals surface area contributed by atoms with Gasteiger partial charge in [-0.1, -0.05) is 0 Å². The van der Waals surface area contributed by atoms with Crippen LogP contribution in [0.1, 0.15) is 18.4 Å². The van der Waals surface area contributed by atoms with Gasteiger partial charge in [-0.25, -0.2) is 4.98 Å². The van der Waals surface area contributed by atoms with E-state index in [0.717, 1.165) is 54.5 Å². The van der Waals surface area contributed by atoms with Crippen LogP contribution in [0, 0.1) is 5.92 Å². The quantitative estimate of drug-likeness (QED) is 0.495. The highest BCUT2D eigenvalue weighted by Crippen LogP contribution is 2.30. The van der Waals surface area contributed by atoms with E-state index >= 15 is 0 Å². The van der Waals surface area contributed by atoms with Crippen molar-refractivity contribution in [1.29, 1.82) is 0 Å². The molecule has 5 rings (SSSR count). The van der Waals surface area contributed by atoms with Crippen LogP contribution < -0.4 is 14.5 Å². The number of halogens is 3. The summed E-state index contributed by atoms with van der Waals surface area (Å²) in [6.07, 6.45) is -1.86. The molecule has 4 heterocycles. The van der Waals surface area contributed by atoms with Crippen molar-refractivity contribution >= 4 is 17.5 Å². The molecule has 1 amide bonds. The molecule has 2 fully saturated rings. The Hall–Kier alpha value is -3.89. The van der Waals surface area contributed by atoms with Crippen LogP contribution in [0.25, 0.3) is 11.3 Å². The lowest BCUT2D eigenvalue weighted by Gasteiger charge is -2.39. The molecule has 0 radical (unpaired) electrons. The average molecular weight is 527 g/mol. The second-order valence-corrected chi connectivity index (χ2v) is 9.51. The molecule has 1 aromatic carbocycles. The SMILES string of the molecule is COc1ccc(-c2ccc(N3CCCC(C(=O)N4CCN(c5ccc(C(F)(F)F)cn5)CC4)C3)nn2)cc1. The fourth-order valence-electron chi connectivity index (χ4n) is 4.95. The topological polar surface area (TPSA) is 74.7 Å². The predicted molar refractivity (Wildman–Crippen MR) is 137 cm³/mol. The van der Waals surface area contributed by atoms with Crippen molar-refractivity contribution in [2.45, 2.75) is 19.0 Å². The number of alkyl halides is 3. The first-order chi connectivity index (χ1) is 18.3. The van der Waals surface area contributed by atoms with E-state index in [1.54, 1.807) is 7.11 Å². The molecular formula is C27H29F3N6O2. The number of carbonyl (C=O) groups excluding carboxylic acids is 1. The number of anilines is 2. The Balaban J connectivity index is 1.16. The molecule has 3 aromatic rings. The number of carbonyl (C=O) groups is 1. The number of benzene rings is 1. The van der Waals surface area contributed by atoms with Gasteiger partial charge in [0.05, 0.1) is 24.3 Å². The van der Waals surface area contributed by atoms with E-state index in [1.807, 2.05) is 46.2 Å². The second kappa shape index (κ2) is 10.8. The molecule has 0 spiro atoms. The summed E-state index contributed by atoms with van der Waals surface area (Å²) in [5.74, 6) is 1.99. The Morgan fingerprint density at radius 2 is 1.63 bits per heavy atom. The van der Waals surface area contributed by atoms with Gasteiger partial charge in [-0.3, -0.25) is 4.79 Å². The largest absolute Gasteiger partial charge is 0.497 e. The van der Waals surface area contributed by atoms with Gasteiger partial charge >= 0.3 is 6.18 Å². The van der Waals surface area contributed by atoms with Crippen molar-refractivity contribution in [1.82, 2.24) is 20.1 Å². The maximum absolute atomic E-state index is 13.3. The first-order valence-electron chi connectivity index (χ1n) is 12.6. The lowest BCUT2D eigenvalue weighted by Crippen LogP contribution is -2.52. The van der Waals surface area contributed by atoms with E-state index in [0.29, 0.717) is 38.5 Å². The highest BCUT2D eigenvalue weighted by atomic mass is 19.4. The molecule has 200 valence electrons. The molecule has 1 unspecified atom stereocenters. The Morgan fingerprint density at radius 3 is 2.24 bits per heavy atom. The highest BCUT2D eigenvalue weighted by Gasteiger charge is 2.33. The van der Waals surface area contributed by atoms with Crippen LogP contribution >= 0.6 is 0 Å². The summed E-state index contributed by atoms with van der Waals surface area (Å²) < 4.78 is 43.6. The summed E-state index contributed by atoms with van der Waals surface area (Å²) in [5.41, 5.74) is 0.945. The minimum absolute atomic E-state index is 0.109. The van der Waals surface area contributed by atoms with Crippen LogP contribution in [0.5, 0.6) is 5.75 Å². The van der Waals surface area contributed by atoms with E-state index in [4.69, 9.17) is 4.74 Å². The molecule has 11 heteroatoms.